The zero-order valence-electron chi connectivity index (χ0n) is 24.9. The van der Waals surface area contributed by atoms with Crippen LogP contribution in [0.4, 0.5) is 0 Å². The first-order valence-corrected chi connectivity index (χ1v) is 16.0. The molecule has 0 amide bonds. The van der Waals surface area contributed by atoms with Crippen LogP contribution in [0.3, 0.4) is 0 Å². The minimum absolute atomic E-state index is 0.0269. The lowest BCUT2D eigenvalue weighted by Gasteiger charge is -2.61. The van der Waals surface area contributed by atoms with Crippen LogP contribution in [0.1, 0.15) is 116 Å². The summed E-state index contributed by atoms with van der Waals surface area (Å²) in [7, 11) is 0. The third-order valence-corrected chi connectivity index (χ3v) is 12.9. The summed E-state index contributed by atoms with van der Waals surface area (Å²) >= 11 is 0. The van der Waals surface area contributed by atoms with Gasteiger partial charge in [-0.15, -0.1) is 0 Å². The summed E-state index contributed by atoms with van der Waals surface area (Å²) in [6.45, 7) is 15.1. The molecule has 3 nitrogen and oxygen atoms in total. The number of carbonyl (C=O) groups excluding carboxylic acids is 1. The zero-order valence-corrected chi connectivity index (χ0v) is 24.9. The molecule has 0 aromatic heterocycles. The SMILES string of the molecule is CC(C)CCCC(C)C1CCC2C3C(C)[C@@H]4O[C@@]45CC(OC(=O)c4ccccc4)CCC5(C)C3CCC12C. The minimum atomic E-state index is -0.178. The van der Waals surface area contributed by atoms with Crippen LogP contribution < -0.4 is 0 Å². The summed E-state index contributed by atoms with van der Waals surface area (Å²) in [5, 5.41) is 0. The molecule has 1 heterocycles. The molecule has 1 spiro atoms. The summed E-state index contributed by atoms with van der Waals surface area (Å²) < 4.78 is 12.9. The summed E-state index contributed by atoms with van der Waals surface area (Å²) in [6.07, 6.45) is 13.1. The van der Waals surface area contributed by atoms with E-state index in [1.807, 2.05) is 30.3 Å². The Hall–Kier alpha value is -1.35. The van der Waals surface area contributed by atoms with Crippen molar-refractivity contribution in [1.29, 1.82) is 0 Å². The van der Waals surface area contributed by atoms with Gasteiger partial charge in [-0.05, 0) is 97.5 Å². The van der Waals surface area contributed by atoms with E-state index in [4.69, 9.17) is 9.47 Å². The van der Waals surface area contributed by atoms with Crippen molar-refractivity contribution >= 4 is 5.97 Å². The molecule has 0 N–H and O–H groups in total. The van der Waals surface area contributed by atoms with Crippen LogP contribution in [0.2, 0.25) is 0 Å². The van der Waals surface area contributed by atoms with Crippen LogP contribution in [-0.2, 0) is 9.47 Å². The van der Waals surface area contributed by atoms with Crippen molar-refractivity contribution in [3.05, 3.63) is 35.9 Å². The number of hydrogen-bond acceptors (Lipinski definition) is 3. The summed E-state index contributed by atoms with van der Waals surface area (Å²) in [4.78, 5) is 12.8. The number of rotatable bonds is 7. The van der Waals surface area contributed by atoms with Crippen LogP contribution in [0, 0.1) is 52.3 Å². The highest BCUT2D eigenvalue weighted by Gasteiger charge is 2.78. The number of esters is 1. The number of benzene rings is 1. The topological polar surface area (TPSA) is 38.8 Å². The fourth-order valence-corrected chi connectivity index (χ4v) is 11.0. The molecule has 38 heavy (non-hydrogen) atoms. The van der Waals surface area contributed by atoms with Gasteiger partial charge in [0.2, 0.25) is 0 Å². The Morgan fingerprint density at radius 1 is 1.00 bits per heavy atom. The minimum Gasteiger partial charge on any atom is -0.459 e. The van der Waals surface area contributed by atoms with Gasteiger partial charge in [-0.1, -0.05) is 79.0 Å². The normalized spacial score (nSPS) is 45.9. The standard InChI is InChI=1S/C35H52O3/c1-22(2)11-10-12-23(3)27-15-16-28-30-24(4)31-35(38-31)21-26(37-32(36)25-13-8-7-9-14-25)17-20-34(35,6)29(30)18-19-33(27,28)5/h7-9,13-14,22-24,26-31H,10-12,15-21H2,1-6H3/t23?,24?,26?,27?,28?,29?,30?,31-,33?,34?,35-/m0/s1. The predicted molar refractivity (Wildman–Crippen MR) is 153 cm³/mol. The molecule has 1 aromatic rings. The second-order valence-corrected chi connectivity index (χ2v) is 15.2. The summed E-state index contributed by atoms with van der Waals surface area (Å²) in [5.41, 5.74) is 1.29. The first kappa shape index (κ1) is 26.9. The molecule has 0 radical (unpaired) electrons. The number of hydrogen-bond donors (Lipinski definition) is 0. The third-order valence-electron chi connectivity index (χ3n) is 12.9. The van der Waals surface area contributed by atoms with Crippen molar-refractivity contribution in [1.82, 2.24) is 0 Å². The van der Waals surface area contributed by atoms with Crippen LogP contribution in [0.15, 0.2) is 30.3 Å². The van der Waals surface area contributed by atoms with E-state index < -0.39 is 0 Å². The maximum atomic E-state index is 12.8. The fourth-order valence-electron chi connectivity index (χ4n) is 11.0. The van der Waals surface area contributed by atoms with Crippen LogP contribution in [0.25, 0.3) is 0 Å². The van der Waals surface area contributed by atoms with Crippen LogP contribution in [0.5, 0.6) is 0 Å². The van der Waals surface area contributed by atoms with Gasteiger partial charge in [0, 0.05) is 11.8 Å². The van der Waals surface area contributed by atoms with Crippen molar-refractivity contribution in [2.45, 2.75) is 124 Å². The molecular weight excluding hydrogens is 468 g/mol. The Labute approximate surface area is 231 Å². The average Bonchev–Trinajstić information content (AvgIpc) is 3.51. The number of carbonyl (C=O) groups is 1. The van der Waals surface area contributed by atoms with Crippen molar-refractivity contribution < 1.29 is 14.3 Å². The lowest BCUT2D eigenvalue weighted by molar-refractivity contribution is -0.132. The van der Waals surface area contributed by atoms with Crippen LogP contribution in [-0.4, -0.2) is 23.8 Å². The second kappa shape index (κ2) is 9.64. The lowest BCUT2D eigenvalue weighted by Crippen LogP contribution is -2.61. The molecule has 9 unspecified atom stereocenters. The highest BCUT2D eigenvalue weighted by molar-refractivity contribution is 5.89. The van der Waals surface area contributed by atoms with Gasteiger partial charge in [0.1, 0.15) is 11.7 Å². The van der Waals surface area contributed by atoms with Gasteiger partial charge in [0.15, 0.2) is 0 Å². The Morgan fingerprint density at radius 2 is 1.76 bits per heavy atom. The zero-order chi connectivity index (χ0) is 26.9. The first-order valence-electron chi connectivity index (χ1n) is 16.0. The van der Waals surface area contributed by atoms with E-state index in [1.165, 1.54) is 44.9 Å². The number of ether oxygens (including phenoxy) is 2. The van der Waals surface area contributed by atoms with E-state index in [1.54, 1.807) is 0 Å². The predicted octanol–water partition coefficient (Wildman–Crippen LogP) is 8.71. The van der Waals surface area contributed by atoms with Gasteiger partial charge in [-0.25, -0.2) is 4.79 Å². The highest BCUT2D eigenvalue weighted by atomic mass is 16.6. The van der Waals surface area contributed by atoms with E-state index in [2.05, 4.69) is 41.5 Å². The molecule has 1 aliphatic heterocycles. The average molecular weight is 521 g/mol. The van der Waals surface area contributed by atoms with Gasteiger partial charge in [-0.2, -0.15) is 0 Å². The maximum absolute atomic E-state index is 12.8. The Kier molecular flexibility index (Phi) is 6.81. The van der Waals surface area contributed by atoms with Gasteiger partial charge < -0.3 is 9.47 Å². The number of epoxide rings is 1. The van der Waals surface area contributed by atoms with Crippen molar-refractivity contribution in [2.75, 3.05) is 0 Å². The van der Waals surface area contributed by atoms with E-state index in [-0.39, 0.29) is 23.1 Å². The molecule has 5 aliphatic rings. The molecule has 6 rings (SSSR count). The van der Waals surface area contributed by atoms with Crippen molar-refractivity contribution in [3.8, 4) is 0 Å². The lowest BCUT2D eigenvalue weighted by atomic mass is 9.42. The highest BCUT2D eigenvalue weighted by Crippen LogP contribution is 2.75. The van der Waals surface area contributed by atoms with E-state index in [0.29, 0.717) is 23.0 Å². The largest absolute Gasteiger partial charge is 0.459 e. The quantitative estimate of drug-likeness (QED) is 0.266. The van der Waals surface area contributed by atoms with Gasteiger partial charge in [0.25, 0.3) is 0 Å². The second-order valence-electron chi connectivity index (χ2n) is 15.2. The molecule has 4 aliphatic carbocycles. The van der Waals surface area contributed by atoms with Crippen molar-refractivity contribution in [3.63, 3.8) is 0 Å². The van der Waals surface area contributed by atoms with Crippen LogP contribution >= 0.6 is 0 Å². The first-order chi connectivity index (χ1) is 18.1. The molecule has 0 bridgehead atoms. The monoisotopic (exact) mass is 520 g/mol. The Bertz CT molecular complexity index is 1020. The van der Waals surface area contributed by atoms with Gasteiger partial charge in [-0.3, -0.25) is 0 Å². The smallest absolute Gasteiger partial charge is 0.338 e. The van der Waals surface area contributed by atoms with Gasteiger partial charge in [0.05, 0.1) is 11.7 Å². The van der Waals surface area contributed by atoms with Gasteiger partial charge >= 0.3 is 5.97 Å². The molecule has 210 valence electrons. The third kappa shape index (κ3) is 4.03. The molecule has 1 aromatic carbocycles. The Morgan fingerprint density at radius 3 is 2.50 bits per heavy atom. The molecule has 1 saturated heterocycles. The fraction of sp³-hybridized carbons (Fsp3) is 0.800. The van der Waals surface area contributed by atoms with E-state index in [0.717, 1.165) is 54.8 Å². The molecular formula is C35H52O3. The summed E-state index contributed by atoms with van der Waals surface area (Å²) in [6, 6.07) is 9.48. The molecule has 5 fully saturated rings. The molecule has 11 atom stereocenters. The van der Waals surface area contributed by atoms with Crippen molar-refractivity contribution in [2.24, 2.45) is 52.3 Å². The number of fused-ring (bicyclic) bond motifs is 4. The maximum Gasteiger partial charge on any atom is 0.338 e. The summed E-state index contributed by atoms with van der Waals surface area (Å²) in [5.74, 6) is 5.37. The van der Waals surface area contributed by atoms with E-state index in [9.17, 15) is 4.79 Å². The molecule has 3 heteroatoms. The Balaban J connectivity index is 1.17. The molecule has 4 saturated carbocycles. The van der Waals surface area contributed by atoms with E-state index >= 15 is 0 Å².